The smallest absolute Gasteiger partial charge is 0.252 e. The Kier molecular flexibility index (Phi) is 4.68. The van der Waals surface area contributed by atoms with E-state index in [-0.39, 0.29) is 24.2 Å². The number of nitrogens with zero attached hydrogens (tertiary/aromatic N) is 1. The third-order valence-electron chi connectivity index (χ3n) is 2.74. The number of carbonyl (C=O) groups is 1. The number of nitrogens with two attached hydrogens (primary N) is 1. The Bertz CT molecular complexity index is 281. The molecule has 5 heteroatoms. The van der Waals surface area contributed by atoms with Gasteiger partial charge in [-0.15, -0.1) is 0 Å². The monoisotopic (exact) mass is 244 g/mol. The molecule has 0 aromatic carbocycles. The molecule has 0 saturated carbocycles. The summed E-state index contributed by atoms with van der Waals surface area (Å²) in [6, 6.07) is 0.0912. The van der Waals surface area contributed by atoms with Crippen molar-refractivity contribution < 1.29 is 9.53 Å². The van der Waals surface area contributed by atoms with E-state index in [0.29, 0.717) is 11.5 Å². The van der Waals surface area contributed by atoms with E-state index < -0.39 is 0 Å². The fraction of sp³-hybridized carbons (Fsp3) is 0.818. The van der Waals surface area contributed by atoms with Gasteiger partial charge in [-0.25, -0.2) is 0 Å². The van der Waals surface area contributed by atoms with E-state index in [9.17, 15) is 4.79 Å². The Morgan fingerprint density at radius 1 is 1.56 bits per heavy atom. The zero-order valence-corrected chi connectivity index (χ0v) is 10.9. The van der Waals surface area contributed by atoms with Crippen LogP contribution in [0.2, 0.25) is 0 Å². The number of ether oxygens (including phenoxy) is 1. The van der Waals surface area contributed by atoms with Crippen molar-refractivity contribution in [3.63, 3.8) is 0 Å². The van der Waals surface area contributed by atoms with E-state index in [1.54, 1.807) is 4.90 Å². The zero-order valence-electron chi connectivity index (χ0n) is 10.1. The molecule has 2 atom stereocenters. The van der Waals surface area contributed by atoms with Crippen molar-refractivity contribution in [2.24, 2.45) is 5.73 Å². The fourth-order valence-electron chi connectivity index (χ4n) is 1.85. The van der Waals surface area contributed by atoms with Gasteiger partial charge in [-0.2, -0.15) is 0 Å². The van der Waals surface area contributed by atoms with Crippen LogP contribution in [-0.2, 0) is 9.53 Å². The van der Waals surface area contributed by atoms with Gasteiger partial charge in [-0.1, -0.05) is 12.2 Å². The summed E-state index contributed by atoms with van der Waals surface area (Å²) in [6.45, 7) is 6.23. The molecular formula is C11H20N2O2S. The minimum atomic E-state index is -0.313. The van der Waals surface area contributed by atoms with E-state index in [1.165, 1.54) is 0 Å². The summed E-state index contributed by atoms with van der Waals surface area (Å²) in [5.41, 5.74) is 5.49. The lowest BCUT2D eigenvalue weighted by atomic mass is 10.1. The van der Waals surface area contributed by atoms with Crippen LogP contribution in [0.25, 0.3) is 0 Å². The van der Waals surface area contributed by atoms with Crippen molar-refractivity contribution in [1.29, 1.82) is 0 Å². The number of amides is 1. The second kappa shape index (κ2) is 5.59. The summed E-state index contributed by atoms with van der Waals surface area (Å²) in [5.74, 6) is 0.00662. The molecule has 2 N–H and O–H groups in total. The Hall–Kier alpha value is -0.680. The lowest BCUT2D eigenvalue weighted by Crippen LogP contribution is -2.46. The Morgan fingerprint density at radius 2 is 2.19 bits per heavy atom. The van der Waals surface area contributed by atoms with Crippen molar-refractivity contribution in [2.75, 3.05) is 6.54 Å². The molecule has 0 radical (unpaired) electrons. The van der Waals surface area contributed by atoms with E-state index in [1.807, 2.05) is 20.8 Å². The molecule has 0 aliphatic carbocycles. The molecule has 0 aromatic heterocycles. The van der Waals surface area contributed by atoms with E-state index in [4.69, 9.17) is 22.7 Å². The lowest BCUT2D eigenvalue weighted by molar-refractivity contribution is -0.143. The van der Waals surface area contributed by atoms with E-state index in [2.05, 4.69) is 0 Å². The third-order valence-corrected chi connectivity index (χ3v) is 2.87. The van der Waals surface area contributed by atoms with Gasteiger partial charge in [0.25, 0.3) is 5.91 Å². The van der Waals surface area contributed by atoms with Gasteiger partial charge in [0.1, 0.15) is 6.10 Å². The number of hydrogen-bond acceptors (Lipinski definition) is 3. The van der Waals surface area contributed by atoms with Crippen LogP contribution >= 0.6 is 12.2 Å². The van der Waals surface area contributed by atoms with Crippen LogP contribution in [0.3, 0.4) is 0 Å². The first-order valence-electron chi connectivity index (χ1n) is 5.66. The predicted molar refractivity (Wildman–Crippen MR) is 67.2 cm³/mol. The normalized spacial score (nSPS) is 24.8. The van der Waals surface area contributed by atoms with Gasteiger partial charge in [-0.3, -0.25) is 4.79 Å². The van der Waals surface area contributed by atoms with Crippen molar-refractivity contribution in [3.05, 3.63) is 0 Å². The molecule has 1 saturated heterocycles. The topological polar surface area (TPSA) is 55.6 Å². The van der Waals surface area contributed by atoms with Gasteiger partial charge in [0.2, 0.25) is 0 Å². The van der Waals surface area contributed by atoms with Crippen molar-refractivity contribution in [2.45, 2.75) is 51.9 Å². The summed E-state index contributed by atoms with van der Waals surface area (Å²) in [7, 11) is 0. The van der Waals surface area contributed by atoms with Gasteiger partial charge in [0.05, 0.1) is 17.6 Å². The Morgan fingerprint density at radius 3 is 2.56 bits per heavy atom. The standard InChI is InChI=1S/C11H20N2O2S/c1-7(2)13(6-10(12)16)11(14)9-5-4-8(3)15-9/h7-9H,4-6H2,1-3H3,(H2,12,16). The van der Waals surface area contributed by atoms with Gasteiger partial charge >= 0.3 is 0 Å². The third kappa shape index (κ3) is 3.42. The van der Waals surface area contributed by atoms with E-state index in [0.717, 1.165) is 12.8 Å². The maximum Gasteiger partial charge on any atom is 0.252 e. The largest absolute Gasteiger partial charge is 0.392 e. The van der Waals surface area contributed by atoms with Crippen LogP contribution in [0.1, 0.15) is 33.6 Å². The molecule has 0 bridgehead atoms. The molecule has 92 valence electrons. The lowest BCUT2D eigenvalue weighted by Gasteiger charge is -2.28. The number of rotatable bonds is 4. The minimum Gasteiger partial charge on any atom is -0.392 e. The van der Waals surface area contributed by atoms with Crippen LogP contribution in [0.4, 0.5) is 0 Å². The summed E-state index contributed by atoms with van der Waals surface area (Å²) >= 11 is 4.85. The zero-order chi connectivity index (χ0) is 12.3. The van der Waals surface area contributed by atoms with Crippen molar-refractivity contribution >= 4 is 23.1 Å². The molecule has 1 amide bonds. The molecule has 1 fully saturated rings. The minimum absolute atomic E-state index is 0.00662. The molecule has 1 aliphatic heterocycles. The molecule has 1 rings (SSSR count). The van der Waals surface area contributed by atoms with Crippen LogP contribution in [0.5, 0.6) is 0 Å². The summed E-state index contributed by atoms with van der Waals surface area (Å²) in [4.78, 5) is 14.2. The average Bonchev–Trinajstić information content (AvgIpc) is 2.59. The highest BCUT2D eigenvalue weighted by molar-refractivity contribution is 7.80. The molecule has 2 unspecified atom stereocenters. The second-order valence-electron chi connectivity index (χ2n) is 4.54. The van der Waals surface area contributed by atoms with Crippen LogP contribution in [-0.4, -0.2) is 40.6 Å². The molecule has 1 aliphatic rings. The SMILES string of the molecule is CC1CCC(C(=O)N(CC(N)=S)C(C)C)O1. The van der Waals surface area contributed by atoms with Crippen LogP contribution < -0.4 is 5.73 Å². The highest BCUT2D eigenvalue weighted by Crippen LogP contribution is 2.21. The first kappa shape index (κ1) is 13.4. The molecule has 0 spiro atoms. The maximum atomic E-state index is 12.2. The van der Waals surface area contributed by atoms with Crippen LogP contribution in [0.15, 0.2) is 0 Å². The van der Waals surface area contributed by atoms with Gasteiger partial charge in [0, 0.05) is 6.04 Å². The Labute approximate surface area is 102 Å². The first-order chi connectivity index (χ1) is 7.41. The maximum absolute atomic E-state index is 12.2. The van der Waals surface area contributed by atoms with Crippen molar-refractivity contribution in [1.82, 2.24) is 4.90 Å². The fourth-order valence-corrected chi connectivity index (χ4v) is 1.99. The molecular weight excluding hydrogens is 224 g/mol. The molecule has 16 heavy (non-hydrogen) atoms. The second-order valence-corrected chi connectivity index (χ2v) is 5.06. The molecule has 0 aromatic rings. The quantitative estimate of drug-likeness (QED) is 0.752. The number of hydrogen-bond donors (Lipinski definition) is 1. The Balaban J connectivity index is 2.63. The summed E-state index contributed by atoms with van der Waals surface area (Å²) in [5, 5.41) is 0. The first-order valence-corrected chi connectivity index (χ1v) is 6.07. The van der Waals surface area contributed by atoms with Crippen molar-refractivity contribution in [3.8, 4) is 0 Å². The van der Waals surface area contributed by atoms with Crippen LogP contribution in [0, 0.1) is 0 Å². The number of carbonyl (C=O) groups excluding carboxylic acids is 1. The highest BCUT2D eigenvalue weighted by atomic mass is 32.1. The molecule has 4 nitrogen and oxygen atoms in total. The average molecular weight is 244 g/mol. The van der Waals surface area contributed by atoms with E-state index >= 15 is 0 Å². The van der Waals surface area contributed by atoms with Gasteiger partial charge in [-0.05, 0) is 33.6 Å². The van der Waals surface area contributed by atoms with Gasteiger partial charge in [0.15, 0.2) is 0 Å². The predicted octanol–water partition coefficient (Wildman–Crippen LogP) is 1.08. The molecule has 1 heterocycles. The summed E-state index contributed by atoms with van der Waals surface area (Å²) in [6.07, 6.45) is 1.59. The number of thiocarbonyl (C=S) groups is 1. The van der Waals surface area contributed by atoms with Gasteiger partial charge < -0.3 is 15.4 Å². The highest BCUT2D eigenvalue weighted by Gasteiger charge is 2.32. The summed E-state index contributed by atoms with van der Waals surface area (Å²) < 4.78 is 5.56.